The van der Waals surface area contributed by atoms with Crippen LogP contribution >= 0.6 is 0 Å². The Labute approximate surface area is 143 Å². The van der Waals surface area contributed by atoms with E-state index in [9.17, 15) is 9.59 Å². The average molecular weight is 330 g/mol. The van der Waals surface area contributed by atoms with E-state index < -0.39 is 6.04 Å². The predicted octanol–water partition coefficient (Wildman–Crippen LogP) is 0.00280. The lowest BCUT2D eigenvalue weighted by Gasteiger charge is -2.35. The van der Waals surface area contributed by atoms with E-state index in [1.165, 1.54) is 0 Å². The number of nitrogens with two attached hydrogens (primary N) is 1. The van der Waals surface area contributed by atoms with E-state index in [0.29, 0.717) is 45.7 Å². The number of hydrogen-bond donors (Lipinski definition) is 2. The number of carbonyl (C=O) groups is 2. The topological polar surface area (TPSA) is 78.7 Å². The van der Waals surface area contributed by atoms with Crippen LogP contribution in [0.3, 0.4) is 0 Å². The second-order valence-corrected chi connectivity index (χ2v) is 5.99. The molecule has 1 aliphatic rings. The average Bonchev–Trinajstić information content (AvgIpc) is 2.61. The molecule has 0 saturated carbocycles. The summed E-state index contributed by atoms with van der Waals surface area (Å²) in [4.78, 5) is 28.0. The van der Waals surface area contributed by atoms with Crippen LogP contribution in [0.25, 0.3) is 0 Å². The summed E-state index contributed by atoms with van der Waals surface area (Å²) in [5.41, 5.74) is 7.14. The van der Waals surface area contributed by atoms with Gasteiger partial charge in [-0.2, -0.15) is 0 Å². The quantitative estimate of drug-likeness (QED) is 0.690. The summed E-state index contributed by atoms with van der Waals surface area (Å²) < 4.78 is 0. The summed E-state index contributed by atoms with van der Waals surface area (Å²) in [6.07, 6.45) is 2.20. The molecule has 1 heterocycles. The molecule has 2 rings (SSSR count). The van der Waals surface area contributed by atoms with Crippen molar-refractivity contribution < 1.29 is 9.59 Å². The first-order valence-corrected chi connectivity index (χ1v) is 8.28. The van der Waals surface area contributed by atoms with Crippen molar-refractivity contribution in [3.05, 3.63) is 48.6 Å². The molecule has 1 atom stereocenters. The van der Waals surface area contributed by atoms with Gasteiger partial charge in [0.15, 0.2) is 0 Å². The van der Waals surface area contributed by atoms with Crippen molar-refractivity contribution in [3.63, 3.8) is 0 Å². The van der Waals surface area contributed by atoms with Crippen LogP contribution in [0.2, 0.25) is 0 Å². The van der Waals surface area contributed by atoms with Crippen molar-refractivity contribution in [2.45, 2.75) is 12.5 Å². The highest BCUT2D eigenvalue weighted by Crippen LogP contribution is 2.07. The molecule has 24 heavy (non-hydrogen) atoms. The van der Waals surface area contributed by atoms with Crippen LogP contribution in [-0.2, 0) is 16.0 Å². The van der Waals surface area contributed by atoms with Gasteiger partial charge in [-0.1, -0.05) is 36.4 Å². The van der Waals surface area contributed by atoms with Crippen molar-refractivity contribution in [1.29, 1.82) is 0 Å². The highest BCUT2D eigenvalue weighted by atomic mass is 16.2. The van der Waals surface area contributed by atoms with E-state index in [1.807, 2.05) is 35.2 Å². The Balaban J connectivity index is 1.75. The molecular formula is C18H26N4O2. The highest BCUT2D eigenvalue weighted by molar-refractivity contribution is 5.82. The normalized spacial score (nSPS) is 16.5. The highest BCUT2D eigenvalue weighted by Gasteiger charge is 2.26. The Morgan fingerprint density at radius 2 is 1.88 bits per heavy atom. The summed E-state index contributed by atoms with van der Waals surface area (Å²) in [5.74, 6) is -0.0370. The van der Waals surface area contributed by atoms with Gasteiger partial charge in [-0.05, 0) is 12.0 Å². The van der Waals surface area contributed by atoms with E-state index in [2.05, 4.69) is 11.9 Å². The third-order valence-electron chi connectivity index (χ3n) is 4.11. The van der Waals surface area contributed by atoms with Crippen LogP contribution in [0.5, 0.6) is 0 Å². The fourth-order valence-electron chi connectivity index (χ4n) is 2.76. The van der Waals surface area contributed by atoms with E-state index in [1.54, 1.807) is 11.0 Å². The molecule has 1 aliphatic heterocycles. The molecule has 1 aromatic carbocycles. The second-order valence-electron chi connectivity index (χ2n) is 5.99. The summed E-state index contributed by atoms with van der Waals surface area (Å²) in [7, 11) is 0. The molecule has 6 heteroatoms. The zero-order valence-corrected chi connectivity index (χ0v) is 14.0. The summed E-state index contributed by atoms with van der Waals surface area (Å²) in [5, 5.41) is 2.76. The molecule has 0 bridgehead atoms. The smallest absolute Gasteiger partial charge is 0.239 e. The molecule has 1 aromatic rings. The Morgan fingerprint density at radius 1 is 1.21 bits per heavy atom. The van der Waals surface area contributed by atoms with Crippen molar-refractivity contribution in [3.8, 4) is 0 Å². The van der Waals surface area contributed by atoms with E-state index >= 15 is 0 Å². The summed E-state index contributed by atoms with van der Waals surface area (Å²) in [6, 6.07) is 9.28. The monoisotopic (exact) mass is 330 g/mol. The number of benzene rings is 1. The molecule has 0 aromatic heterocycles. The van der Waals surface area contributed by atoms with Gasteiger partial charge in [0.25, 0.3) is 0 Å². The Hall–Kier alpha value is -2.18. The maximum absolute atomic E-state index is 12.5. The Kier molecular flexibility index (Phi) is 6.96. The zero-order valence-electron chi connectivity index (χ0n) is 14.0. The lowest BCUT2D eigenvalue weighted by atomic mass is 10.1. The van der Waals surface area contributed by atoms with Crippen LogP contribution in [0, 0.1) is 0 Å². The molecule has 0 spiro atoms. The molecule has 6 nitrogen and oxygen atoms in total. The number of nitrogens with zero attached hydrogens (tertiary/aromatic N) is 2. The van der Waals surface area contributed by atoms with Gasteiger partial charge in [0.05, 0.1) is 12.6 Å². The minimum atomic E-state index is -0.519. The van der Waals surface area contributed by atoms with Crippen molar-refractivity contribution >= 4 is 11.8 Å². The first-order valence-electron chi connectivity index (χ1n) is 8.28. The maximum Gasteiger partial charge on any atom is 0.239 e. The van der Waals surface area contributed by atoms with Gasteiger partial charge in [-0.15, -0.1) is 6.58 Å². The van der Waals surface area contributed by atoms with E-state index in [-0.39, 0.29) is 11.8 Å². The zero-order chi connectivity index (χ0) is 17.4. The number of amides is 2. The molecule has 0 unspecified atom stereocenters. The number of hydrogen-bond acceptors (Lipinski definition) is 4. The van der Waals surface area contributed by atoms with Crippen molar-refractivity contribution in [2.75, 3.05) is 39.3 Å². The lowest BCUT2D eigenvalue weighted by molar-refractivity contribution is -0.134. The van der Waals surface area contributed by atoms with Gasteiger partial charge < -0.3 is 16.0 Å². The third-order valence-corrected chi connectivity index (χ3v) is 4.11. The fourth-order valence-corrected chi connectivity index (χ4v) is 2.76. The van der Waals surface area contributed by atoms with E-state index in [4.69, 9.17) is 5.73 Å². The van der Waals surface area contributed by atoms with Gasteiger partial charge in [0.2, 0.25) is 11.8 Å². The largest absolute Gasteiger partial charge is 0.352 e. The predicted molar refractivity (Wildman–Crippen MR) is 94.3 cm³/mol. The van der Waals surface area contributed by atoms with Crippen LogP contribution < -0.4 is 11.1 Å². The fraction of sp³-hybridized carbons (Fsp3) is 0.444. The molecule has 1 fully saturated rings. The van der Waals surface area contributed by atoms with Gasteiger partial charge in [-0.25, -0.2) is 0 Å². The number of nitrogens with one attached hydrogen (secondary N) is 1. The van der Waals surface area contributed by atoms with Crippen molar-refractivity contribution in [1.82, 2.24) is 15.1 Å². The van der Waals surface area contributed by atoms with Gasteiger partial charge in [-0.3, -0.25) is 14.5 Å². The van der Waals surface area contributed by atoms with Crippen LogP contribution in [0.4, 0.5) is 0 Å². The lowest BCUT2D eigenvalue weighted by Crippen LogP contribution is -2.54. The molecule has 0 radical (unpaired) electrons. The van der Waals surface area contributed by atoms with Gasteiger partial charge in [0, 0.05) is 32.7 Å². The number of carbonyl (C=O) groups excluding carboxylic acids is 2. The Bertz CT molecular complexity index is 553. The van der Waals surface area contributed by atoms with E-state index in [0.717, 1.165) is 5.56 Å². The maximum atomic E-state index is 12.5. The molecule has 3 N–H and O–H groups in total. The molecule has 1 saturated heterocycles. The first-order chi connectivity index (χ1) is 11.6. The summed E-state index contributed by atoms with van der Waals surface area (Å²) in [6.45, 7) is 6.99. The van der Waals surface area contributed by atoms with Crippen LogP contribution in [0.15, 0.2) is 43.0 Å². The minimum absolute atomic E-state index is 0.0181. The van der Waals surface area contributed by atoms with Crippen LogP contribution in [0.1, 0.15) is 5.56 Å². The van der Waals surface area contributed by atoms with Crippen LogP contribution in [-0.4, -0.2) is 66.9 Å². The van der Waals surface area contributed by atoms with Crippen molar-refractivity contribution in [2.24, 2.45) is 5.73 Å². The first kappa shape index (κ1) is 18.2. The Morgan fingerprint density at radius 3 is 2.50 bits per heavy atom. The van der Waals surface area contributed by atoms with Gasteiger partial charge >= 0.3 is 0 Å². The third kappa shape index (κ3) is 5.47. The van der Waals surface area contributed by atoms with Gasteiger partial charge in [0.1, 0.15) is 0 Å². The number of piperazine rings is 1. The molecule has 130 valence electrons. The molecule has 2 amide bonds. The standard InChI is InChI=1S/C18H26N4O2/c1-2-8-20-17(23)14-21-9-11-22(12-10-21)18(24)16(19)13-15-6-4-3-5-7-15/h2-7,16H,1,8-14,19H2,(H,20,23)/t16-/m0/s1. The minimum Gasteiger partial charge on any atom is -0.352 e. The molecular weight excluding hydrogens is 304 g/mol. The SMILES string of the molecule is C=CCNC(=O)CN1CCN(C(=O)[C@@H](N)Cc2ccccc2)CC1. The second kappa shape index (κ2) is 9.20. The summed E-state index contributed by atoms with van der Waals surface area (Å²) >= 11 is 0. The number of rotatable bonds is 7. The molecule has 0 aliphatic carbocycles.